The molecule has 0 amide bonds. The van der Waals surface area contributed by atoms with E-state index in [0.717, 1.165) is 43.5 Å². The fourth-order valence-corrected chi connectivity index (χ4v) is 3.48. The first-order chi connectivity index (χ1) is 10.4. The zero-order valence-corrected chi connectivity index (χ0v) is 12.0. The van der Waals surface area contributed by atoms with Crippen LogP contribution in [0.25, 0.3) is 11.5 Å². The number of aromatic nitrogens is 2. The van der Waals surface area contributed by atoms with Gasteiger partial charge in [0.1, 0.15) is 0 Å². The molecule has 3 heterocycles. The first-order valence-corrected chi connectivity index (χ1v) is 7.72. The molecule has 0 radical (unpaired) electrons. The zero-order chi connectivity index (χ0) is 14.1. The van der Waals surface area contributed by atoms with Gasteiger partial charge in [0.2, 0.25) is 0 Å². The van der Waals surface area contributed by atoms with Gasteiger partial charge in [0.15, 0.2) is 5.82 Å². The monoisotopic (exact) mass is 284 g/mol. The molecule has 2 saturated heterocycles. The van der Waals surface area contributed by atoms with Crippen LogP contribution >= 0.6 is 0 Å². The van der Waals surface area contributed by atoms with E-state index in [0.29, 0.717) is 11.9 Å². The second kappa shape index (κ2) is 5.58. The van der Waals surface area contributed by atoms with Crippen LogP contribution in [0, 0.1) is 5.92 Å². The third-order valence-corrected chi connectivity index (χ3v) is 4.53. The molecule has 2 unspecified atom stereocenters. The number of rotatable bonds is 3. The van der Waals surface area contributed by atoms with Crippen molar-refractivity contribution in [1.82, 2.24) is 20.4 Å². The quantitative estimate of drug-likeness (QED) is 0.933. The second-order valence-electron chi connectivity index (χ2n) is 6.04. The largest absolute Gasteiger partial charge is 0.334 e. The van der Waals surface area contributed by atoms with Crippen LogP contribution in [0.2, 0.25) is 0 Å². The number of piperidine rings is 1. The molecule has 2 aliphatic rings. The topological polar surface area (TPSA) is 54.2 Å². The first kappa shape index (κ1) is 13.0. The minimum Gasteiger partial charge on any atom is -0.334 e. The van der Waals surface area contributed by atoms with Crippen molar-refractivity contribution in [3.05, 3.63) is 36.2 Å². The molecule has 0 spiro atoms. The molecular weight excluding hydrogens is 264 g/mol. The Hall–Kier alpha value is -1.72. The van der Waals surface area contributed by atoms with Crippen molar-refractivity contribution in [2.75, 3.05) is 19.6 Å². The van der Waals surface area contributed by atoms with Gasteiger partial charge in [-0.3, -0.25) is 4.90 Å². The summed E-state index contributed by atoms with van der Waals surface area (Å²) >= 11 is 0. The van der Waals surface area contributed by atoms with Crippen molar-refractivity contribution in [2.45, 2.75) is 25.4 Å². The molecule has 0 aliphatic carbocycles. The number of hydrogen-bond acceptors (Lipinski definition) is 5. The maximum Gasteiger partial charge on any atom is 0.257 e. The van der Waals surface area contributed by atoms with E-state index < -0.39 is 0 Å². The molecule has 0 bridgehead atoms. The standard InChI is InChI=1S/C16H20N4O/c1-2-5-12(6-3-1)16-18-15(19-21-16)11-20-9-13-7-4-8-17-14(13)10-20/h1-3,5-6,13-14,17H,4,7-11H2. The summed E-state index contributed by atoms with van der Waals surface area (Å²) in [5.74, 6) is 2.19. The average molecular weight is 284 g/mol. The molecule has 2 aromatic rings. The molecular formula is C16H20N4O. The molecule has 2 atom stereocenters. The van der Waals surface area contributed by atoms with Crippen LogP contribution in [0.5, 0.6) is 0 Å². The smallest absolute Gasteiger partial charge is 0.257 e. The van der Waals surface area contributed by atoms with E-state index in [1.807, 2.05) is 30.3 Å². The number of hydrogen-bond donors (Lipinski definition) is 1. The van der Waals surface area contributed by atoms with Gasteiger partial charge in [0.25, 0.3) is 5.89 Å². The molecule has 2 aliphatic heterocycles. The predicted molar refractivity (Wildman–Crippen MR) is 79.5 cm³/mol. The van der Waals surface area contributed by atoms with Crippen molar-refractivity contribution in [3.8, 4) is 11.5 Å². The summed E-state index contributed by atoms with van der Waals surface area (Å²) in [6.07, 6.45) is 2.64. The molecule has 1 aromatic carbocycles. The lowest BCUT2D eigenvalue weighted by molar-refractivity contribution is 0.298. The number of fused-ring (bicyclic) bond motifs is 1. The van der Waals surface area contributed by atoms with Crippen molar-refractivity contribution in [1.29, 1.82) is 0 Å². The van der Waals surface area contributed by atoms with Gasteiger partial charge < -0.3 is 9.84 Å². The van der Waals surface area contributed by atoms with E-state index in [9.17, 15) is 0 Å². The Morgan fingerprint density at radius 1 is 1.24 bits per heavy atom. The third kappa shape index (κ3) is 2.71. The van der Waals surface area contributed by atoms with Crippen molar-refractivity contribution < 1.29 is 4.52 Å². The highest BCUT2D eigenvalue weighted by atomic mass is 16.5. The molecule has 21 heavy (non-hydrogen) atoms. The van der Waals surface area contributed by atoms with Crippen LogP contribution in [-0.2, 0) is 6.54 Å². The van der Waals surface area contributed by atoms with Crippen molar-refractivity contribution in [2.24, 2.45) is 5.92 Å². The highest BCUT2D eigenvalue weighted by molar-refractivity contribution is 5.51. The van der Waals surface area contributed by atoms with Crippen LogP contribution in [0.1, 0.15) is 18.7 Å². The maximum absolute atomic E-state index is 5.38. The molecule has 1 aromatic heterocycles. The minimum atomic E-state index is 0.611. The Bertz CT molecular complexity index is 583. The van der Waals surface area contributed by atoms with Crippen LogP contribution in [-0.4, -0.2) is 40.7 Å². The number of nitrogens with zero attached hydrogens (tertiary/aromatic N) is 3. The maximum atomic E-state index is 5.38. The van der Waals surface area contributed by atoms with E-state index >= 15 is 0 Å². The Balaban J connectivity index is 1.43. The first-order valence-electron chi connectivity index (χ1n) is 7.72. The lowest BCUT2D eigenvalue weighted by Crippen LogP contribution is -2.40. The molecule has 1 N–H and O–H groups in total. The van der Waals surface area contributed by atoms with Crippen LogP contribution < -0.4 is 5.32 Å². The van der Waals surface area contributed by atoms with Gasteiger partial charge in [0, 0.05) is 24.7 Å². The van der Waals surface area contributed by atoms with Gasteiger partial charge in [-0.25, -0.2) is 0 Å². The van der Waals surface area contributed by atoms with Crippen molar-refractivity contribution in [3.63, 3.8) is 0 Å². The highest BCUT2D eigenvalue weighted by Crippen LogP contribution is 2.26. The summed E-state index contributed by atoms with van der Waals surface area (Å²) in [5.41, 5.74) is 0.980. The van der Waals surface area contributed by atoms with Gasteiger partial charge in [-0.15, -0.1) is 0 Å². The molecule has 0 saturated carbocycles. The Kier molecular flexibility index (Phi) is 3.45. The van der Waals surface area contributed by atoms with Gasteiger partial charge in [-0.2, -0.15) is 4.98 Å². The number of benzene rings is 1. The van der Waals surface area contributed by atoms with Gasteiger partial charge in [-0.1, -0.05) is 23.4 Å². The fraction of sp³-hybridized carbons (Fsp3) is 0.500. The lowest BCUT2D eigenvalue weighted by atomic mass is 9.94. The van der Waals surface area contributed by atoms with E-state index in [1.54, 1.807) is 0 Å². The molecule has 5 nitrogen and oxygen atoms in total. The second-order valence-corrected chi connectivity index (χ2v) is 6.04. The predicted octanol–water partition coefficient (Wildman–Crippen LogP) is 1.92. The summed E-state index contributed by atoms with van der Waals surface area (Å²) in [6, 6.07) is 10.6. The van der Waals surface area contributed by atoms with E-state index in [-0.39, 0.29) is 0 Å². The van der Waals surface area contributed by atoms with Crippen LogP contribution in [0.15, 0.2) is 34.9 Å². The summed E-state index contributed by atoms with van der Waals surface area (Å²) in [4.78, 5) is 6.96. The Morgan fingerprint density at radius 2 is 2.14 bits per heavy atom. The van der Waals surface area contributed by atoms with Gasteiger partial charge in [-0.05, 0) is 37.4 Å². The SMILES string of the molecule is c1ccc(-c2nc(CN3CC4CCCNC4C3)no2)cc1. The summed E-state index contributed by atoms with van der Waals surface area (Å²) in [7, 11) is 0. The van der Waals surface area contributed by atoms with Crippen LogP contribution in [0.3, 0.4) is 0 Å². The third-order valence-electron chi connectivity index (χ3n) is 4.53. The normalized spacial score (nSPS) is 25.9. The average Bonchev–Trinajstić information content (AvgIpc) is 3.14. The summed E-state index contributed by atoms with van der Waals surface area (Å²) in [6.45, 7) is 4.19. The van der Waals surface area contributed by atoms with Gasteiger partial charge >= 0.3 is 0 Å². The number of likely N-dealkylation sites (tertiary alicyclic amines) is 1. The van der Waals surface area contributed by atoms with E-state index in [1.165, 1.54) is 12.8 Å². The Morgan fingerprint density at radius 3 is 3.00 bits per heavy atom. The van der Waals surface area contributed by atoms with Crippen LogP contribution in [0.4, 0.5) is 0 Å². The fourth-order valence-electron chi connectivity index (χ4n) is 3.48. The molecule has 2 fully saturated rings. The minimum absolute atomic E-state index is 0.611. The number of nitrogens with one attached hydrogen (secondary N) is 1. The summed E-state index contributed by atoms with van der Waals surface area (Å²) in [5, 5.41) is 7.75. The van der Waals surface area contributed by atoms with Crippen molar-refractivity contribution >= 4 is 0 Å². The highest BCUT2D eigenvalue weighted by Gasteiger charge is 2.34. The van der Waals surface area contributed by atoms with E-state index in [4.69, 9.17) is 4.52 Å². The Labute approximate surface area is 124 Å². The van der Waals surface area contributed by atoms with Gasteiger partial charge in [0.05, 0.1) is 6.54 Å². The van der Waals surface area contributed by atoms with E-state index in [2.05, 4.69) is 20.4 Å². The molecule has 4 rings (SSSR count). The zero-order valence-electron chi connectivity index (χ0n) is 12.0. The molecule has 110 valence electrons. The lowest BCUT2D eigenvalue weighted by Gasteiger charge is -2.24. The molecule has 5 heteroatoms. The summed E-state index contributed by atoms with van der Waals surface area (Å²) < 4.78 is 5.38.